The van der Waals surface area contributed by atoms with Gasteiger partial charge in [-0.25, -0.2) is 9.59 Å². The molecule has 0 aliphatic carbocycles. The second-order valence-electron chi connectivity index (χ2n) is 6.86. The van der Waals surface area contributed by atoms with Crippen molar-refractivity contribution in [3.05, 3.63) is 32.8 Å². The van der Waals surface area contributed by atoms with Crippen molar-refractivity contribution in [2.45, 2.75) is 32.4 Å². The van der Waals surface area contributed by atoms with Crippen LogP contribution < -0.4 is 4.90 Å². The molecule has 1 fully saturated rings. The highest BCUT2D eigenvalue weighted by Crippen LogP contribution is 2.32. The summed E-state index contributed by atoms with van der Waals surface area (Å²) in [5.41, 5.74) is -0.565. The second-order valence-corrected chi connectivity index (χ2v) is 7.78. The lowest BCUT2D eigenvalue weighted by Gasteiger charge is -2.40. The zero-order chi connectivity index (χ0) is 19.6. The zero-order valence-corrected chi connectivity index (χ0v) is 16.2. The maximum atomic E-state index is 12.3. The van der Waals surface area contributed by atoms with Crippen molar-refractivity contribution in [1.29, 1.82) is 0 Å². The van der Waals surface area contributed by atoms with E-state index in [0.717, 1.165) is 4.90 Å². The number of ether oxygens (including phenoxy) is 1. The standard InChI is InChI=1S/C16H20BrN3O6/c1-16(2,3)26-15(23)19-7-6-18(9-13(19)14(21)22)11-5-4-10(17)8-12(11)20(24)25/h4-5,8,13H,6-7,9H2,1-3H3,(H,21,22). The van der Waals surface area contributed by atoms with Crippen molar-refractivity contribution in [2.24, 2.45) is 0 Å². The van der Waals surface area contributed by atoms with Crippen LogP contribution in [0.3, 0.4) is 0 Å². The first-order valence-electron chi connectivity index (χ1n) is 7.91. The molecule has 1 unspecified atom stereocenters. The van der Waals surface area contributed by atoms with Crippen LogP contribution in [-0.4, -0.2) is 58.3 Å². The number of aliphatic carboxylic acids is 1. The van der Waals surface area contributed by atoms with Crippen molar-refractivity contribution < 1.29 is 24.4 Å². The Morgan fingerprint density at radius 2 is 2.00 bits per heavy atom. The zero-order valence-electron chi connectivity index (χ0n) is 14.6. The Bertz CT molecular complexity index is 733. The van der Waals surface area contributed by atoms with Gasteiger partial charge >= 0.3 is 12.1 Å². The number of hydrogen-bond acceptors (Lipinski definition) is 6. The number of carbonyl (C=O) groups is 2. The van der Waals surface area contributed by atoms with Gasteiger partial charge in [0.05, 0.1) is 4.92 Å². The van der Waals surface area contributed by atoms with Crippen molar-refractivity contribution in [3.63, 3.8) is 0 Å². The fourth-order valence-electron chi connectivity index (χ4n) is 2.66. The van der Waals surface area contributed by atoms with E-state index in [4.69, 9.17) is 4.74 Å². The van der Waals surface area contributed by atoms with E-state index in [2.05, 4.69) is 15.9 Å². The molecule has 2 rings (SSSR count). The number of halogens is 1. The molecule has 1 heterocycles. The summed E-state index contributed by atoms with van der Waals surface area (Å²) < 4.78 is 5.82. The van der Waals surface area contributed by atoms with Crippen molar-refractivity contribution in [1.82, 2.24) is 4.90 Å². The molecule has 10 heteroatoms. The fourth-order valence-corrected chi connectivity index (χ4v) is 3.01. The molecule has 1 aliphatic heterocycles. The Morgan fingerprint density at radius 3 is 2.54 bits per heavy atom. The number of benzene rings is 1. The third-order valence-electron chi connectivity index (χ3n) is 3.77. The molecular weight excluding hydrogens is 410 g/mol. The van der Waals surface area contributed by atoms with Crippen LogP contribution in [0.15, 0.2) is 22.7 Å². The third-order valence-corrected chi connectivity index (χ3v) is 4.26. The summed E-state index contributed by atoms with van der Waals surface area (Å²) in [6.45, 7) is 5.36. The second kappa shape index (κ2) is 7.48. The molecule has 1 saturated heterocycles. The lowest BCUT2D eigenvalue weighted by Crippen LogP contribution is -2.59. The summed E-state index contributed by atoms with van der Waals surface area (Å²) in [4.78, 5) is 37.5. The molecule has 142 valence electrons. The molecule has 1 amide bonds. The topological polar surface area (TPSA) is 113 Å². The summed E-state index contributed by atoms with van der Waals surface area (Å²) in [7, 11) is 0. The summed E-state index contributed by atoms with van der Waals surface area (Å²) in [6.07, 6.45) is -0.713. The van der Waals surface area contributed by atoms with Crippen LogP contribution >= 0.6 is 15.9 Å². The number of nitro groups is 1. The number of nitrogens with zero attached hydrogens (tertiary/aromatic N) is 3. The predicted octanol–water partition coefficient (Wildman–Crippen LogP) is 2.87. The summed E-state index contributed by atoms with van der Waals surface area (Å²) in [5, 5.41) is 20.8. The van der Waals surface area contributed by atoms with Crippen molar-refractivity contribution in [3.8, 4) is 0 Å². The van der Waals surface area contributed by atoms with E-state index in [-0.39, 0.29) is 25.3 Å². The highest BCUT2D eigenvalue weighted by Gasteiger charge is 2.39. The Hall–Kier alpha value is -2.36. The third kappa shape index (κ3) is 4.63. The Balaban J connectivity index is 2.27. The van der Waals surface area contributed by atoms with Crippen LogP contribution in [0.1, 0.15) is 20.8 Å². The number of rotatable bonds is 3. The molecule has 1 aromatic carbocycles. The SMILES string of the molecule is CC(C)(C)OC(=O)N1CCN(c2ccc(Br)cc2[N+](=O)[O-])CC1C(=O)O. The Morgan fingerprint density at radius 1 is 1.35 bits per heavy atom. The van der Waals surface area contributed by atoms with Gasteiger partial charge in [0.1, 0.15) is 17.3 Å². The Kier molecular flexibility index (Phi) is 5.74. The molecule has 26 heavy (non-hydrogen) atoms. The first kappa shape index (κ1) is 20.0. The maximum absolute atomic E-state index is 12.3. The first-order valence-corrected chi connectivity index (χ1v) is 8.70. The largest absolute Gasteiger partial charge is 0.480 e. The number of nitro benzene ring substituents is 1. The number of carboxylic acid groups (broad SMARTS) is 1. The van der Waals surface area contributed by atoms with Gasteiger partial charge in [0.25, 0.3) is 5.69 Å². The average molecular weight is 430 g/mol. The molecule has 1 aliphatic rings. The van der Waals surface area contributed by atoms with Gasteiger partial charge in [0.15, 0.2) is 0 Å². The number of amides is 1. The minimum Gasteiger partial charge on any atom is -0.480 e. The van der Waals surface area contributed by atoms with Gasteiger partial charge in [-0.15, -0.1) is 0 Å². The lowest BCUT2D eigenvalue weighted by atomic mass is 10.1. The molecule has 0 saturated carbocycles. The molecule has 9 nitrogen and oxygen atoms in total. The monoisotopic (exact) mass is 429 g/mol. The first-order chi connectivity index (χ1) is 12.0. The van der Waals surface area contributed by atoms with Crippen LogP contribution in [0.4, 0.5) is 16.2 Å². The summed E-state index contributed by atoms with van der Waals surface area (Å²) in [6, 6.07) is 3.41. The van der Waals surface area contributed by atoms with Gasteiger partial charge in [-0.05, 0) is 32.9 Å². The Labute approximate surface area is 158 Å². The minimum atomic E-state index is -1.19. The van der Waals surface area contributed by atoms with Crippen LogP contribution in [0.25, 0.3) is 0 Å². The van der Waals surface area contributed by atoms with Crippen LogP contribution in [-0.2, 0) is 9.53 Å². The number of anilines is 1. The number of carbonyl (C=O) groups excluding carboxylic acids is 1. The molecular formula is C16H20BrN3O6. The summed E-state index contributed by atoms with van der Waals surface area (Å²) in [5.74, 6) is -1.19. The fraction of sp³-hybridized carbons (Fsp3) is 0.500. The molecule has 0 radical (unpaired) electrons. The van der Waals surface area contributed by atoms with E-state index < -0.39 is 28.6 Å². The van der Waals surface area contributed by atoms with Gasteiger partial charge in [-0.3, -0.25) is 15.0 Å². The summed E-state index contributed by atoms with van der Waals surface area (Å²) >= 11 is 3.19. The normalized spacial score (nSPS) is 17.8. The molecule has 0 aromatic heterocycles. The number of carboxylic acids is 1. The predicted molar refractivity (Wildman–Crippen MR) is 97.4 cm³/mol. The maximum Gasteiger partial charge on any atom is 0.411 e. The molecule has 0 spiro atoms. The smallest absolute Gasteiger partial charge is 0.411 e. The van der Waals surface area contributed by atoms with E-state index in [0.29, 0.717) is 10.2 Å². The van der Waals surface area contributed by atoms with Gasteiger partial charge in [0, 0.05) is 30.2 Å². The molecule has 1 atom stereocenters. The van der Waals surface area contributed by atoms with Gasteiger partial charge in [0.2, 0.25) is 0 Å². The van der Waals surface area contributed by atoms with E-state index in [1.165, 1.54) is 6.07 Å². The van der Waals surface area contributed by atoms with Crippen LogP contribution in [0, 0.1) is 10.1 Å². The highest BCUT2D eigenvalue weighted by atomic mass is 79.9. The van der Waals surface area contributed by atoms with Crippen LogP contribution in [0.5, 0.6) is 0 Å². The van der Waals surface area contributed by atoms with E-state index in [1.807, 2.05) is 0 Å². The van der Waals surface area contributed by atoms with E-state index in [9.17, 15) is 24.8 Å². The quantitative estimate of drug-likeness (QED) is 0.580. The lowest BCUT2D eigenvalue weighted by molar-refractivity contribution is -0.384. The van der Waals surface area contributed by atoms with Gasteiger partial charge < -0.3 is 14.7 Å². The number of hydrogen-bond donors (Lipinski definition) is 1. The molecule has 1 aromatic rings. The number of piperazine rings is 1. The van der Waals surface area contributed by atoms with Gasteiger partial charge in [-0.2, -0.15) is 0 Å². The van der Waals surface area contributed by atoms with Gasteiger partial charge in [-0.1, -0.05) is 15.9 Å². The van der Waals surface area contributed by atoms with Crippen LogP contribution in [0.2, 0.25) is 0 Å². The van der Waals surface area contributed by atoms with E-state index >= 15 is 0 Å². The van der Waals surface area contributed by atoms with Crippen molar-refractivity contribution in [2.75, 3.05) is 24.5 Å². The molecule has 0 bridgehead atoms. The molecule has 1 N–H and O–H groups in total. The highest BCUT2D eigenvalue weighted by molar-refractivity contribution is 9.10. The minimum absolute atomic E-state index is 0.0724. The average Bonchev–Trinajstić information content (AvgIpc) is 2.52. The van der Waals surface area contributed by atoms with E-state index in [1.54, 1.807) is 37.8 Å². The van der Waals surface area contributed by atoms with Crippen molar-refractivity contribution >= 4 is 39.4 Å².